The van der Waals surface area contributed by atoms with E-state index in [9.17, 15) is 4.79 Å². The fourth-order valence-electron chi connectivity index (χ4n) is 2.20. The quantitative estimate of drug-likeness (QED) is 0.848. The highest BCUT2D eigenvalue weighted by Gasteiger charge is 2.31. The van der Waals surface area contributed by atoms with E-state index in [0.29, 0.717) is 11.4 Å². The van der Waals surface area contributed by atoms with Crippen molar-refractivity contribution in [3.63, 3.8) is 0 Å². The highest BCUT2D eigenvalue weighted by atomic mass is 16.2. The van der Waals surface area contributed by atoms with Crippen LogP contribution in [0.2, 0.25) is 0 Å². The van der Waals surface area contributed by atoms with Gasteiger partial charge in [0, 0.05) is 31.0 Å². The molecule has 0 spiro atoms. The Morgan fingerprint density at radius 1 is 1.33 bits per heavy atom. The minimum absolute atomic E-state index is 0.118. The molecule has 2 heterocycles. The lowest BCUT2D eigenvalue weighted by Crippen LogP contribution is -2.52. The number of rotatable bonds is 2. The molecule has 0 bridgehead atoms. The van der Waals surface area contributed by atoms with Crippen molar-refractivity contribution in [3.05, 3.63) is 23.8 Å². The van der Waals surface area contributed by atoms with Crippen LogP contribution in [-0.4, -0.2) is 46.5 Å². The first-order valence-electron chi connectivity index (χ1n) is 6.29. The molecule has 1 aromatic heterocycles. The van der Waals surface area contributed by atoms with E-state index in [0.717, 1.165) is 25.9 Å². The Labute approximate surface area is 108 Å². The van der Waals surface area contributed by atoms with Gasteiger partial charge in [0.2, 0.25) is 0 Å². The molecule has 0 radical (unpaired) electrons. The van der Waals surface area contributed by atoms with E-state index < -0.39 is 0 Å². The van der Waals surface area contributed by atoms with Gasteiger partial charge in [0.25, 0.3) is 5.91 Å². The summed E-state index contributed by atoms with van der Waals surface area (Å²) in [7, 11) is 2.11. The Kier molecular flexibility index (Phi) is 3.61. The fourth-order valence-corrected chi connectivity index (χ4v) is 2.20. The standard InChI is InChI=1S/C13H20N4O/c1-10-11(15-7-6-14-10)12(18)16-13(2)4-8-17(3)9-5-13/h6-7H,4-5,8-9H2,1-3H3,(H,16,18). The van der Waals surface area contributed by atoms with Crippen molar-refractivity contribution in [2.24, 2.45) is 0 Å². The number of hydrogen-bond donors (Lipinski definition) is 1. The van der Waals surface area contributed by atoms with Crippen molar-refractivity contribution >= 4 is 5.91 Å². The first-order chi connectivity index (χ1) is 8.50. The van der Waals surface area contributed by atoms with Crippen molar-refractivity contribution in [1.29, 1.82) is 0 Å². The summed E-state index contributed by atoms with van der Waals surface area (Å²) in [5, 5.41) is 3.10. The van der Waals surface area contributed by atoms with Crippen LogP contribution in [0.1, 0.15) is 35.9 Å². The first-order valence-corrected chi connectivity index (χ1v) is 6.29. The second kappa shape index (κ2) is 5.02. The normalized spacial score (nSPS) is 19.5. The summed E-state index contributed by atoms with van der Waals surface area (Å²) in [6.45, 7) is 5.93. The van der Waals surface area contributed by atoms with Crippen molar-refractivity contribution in [2.45, 2.75) is 32.2 Å². The monoisotopic (exact) mass is 248 g/mol. The number of carbonyl (C=O) groups is 1. The summed E-state index contributed by atoms with van der Waals surface area (Å²) in [4.78, 5) is 22.7. The molecule has 5 nitrogen and oxygen atoms in total. The highest BCUT2D eigenvalue weighted by molar-refractivity contribution is 5.93. The molecule has 1 aliphatic heterocycles. The molecule has 0 atom stereocenters. The number of nitrogens with one attached hydrogen (secondary N) is 1. The predicted molar refractivity (Wildman–Crippen MR) is 69.4 cm³/mol. The van der Waals surface area contributed by atoms with Crippen molar-refractivity contribution in [3.8, 4) is 0 Å². The average molecular weight is 248 g/mol. The number of likely N-dealkylation sites (tertiary alicyclic amines) is 1. The molecule has 1 saturated heterocycles. The molecule has 0 aromatic carbocycles. The minimum Gasteiger partial charge on any atom is -0.345 e. The molecule has 98 valence electrons. The number of hydrogen-bond acceptors (Lipinski definition) is 4. The molecule has 0 unspecified atom stereocenters. The highest BCUT2D eigenvalue weighted by Crippen LogP contribution is 2.21. The van der Waals surface area contributed by atoms with Crippen LogP contribution in [0, 0.1) is 6.92 Å². The molecule has 1 aromatic rings. The summed E-state index contributed by atoms with van der Waals surface area (Å²) in [6, 6.07) is 0. The van der Waals surface area contributed by atoms with Crippen LogP contribution in [0.3, 0.4) is 0 Å². The molecular weight excluding hydrogens is 228 g/mol. The predicted octanol–water partition coefficient (Wildman–Crippen LogP) is 0.999. The number of piperidine rings is 1. The maximum Gasteiger partial charge on any atom is 0.272 e. The van der Waals surface area contributed by atoms with Crippen LogP contribution >= 0.6 is 0 Å². The Bertz CT molecular complexity index is 438. The Morgan fingerprint density at radius 2 is 1.94 bits per heavy atom. The van der Waals surface area contributed by atoms with E-state index in [1.165, 1.54) is 0 Å². The Morgan fingerprint density at radius 3 is 2.56 bits per heavy atom. The Hall–Kier alpha value is -1.49. The van der Waals surface area contributed by atoms with Gasteiger partial charge in [-0.1, -0.05) is 0 Å². The van der Waals surface area contributed by atoms with Crippen LogP contribution < -0.4 is 5.32 Å². The smallest absolute Gasteiger partial charge is 0.272 e. The fraction of sp³-hybridized carbons (Fsp3) is 0.615. The maximum absolute atomic E-state index is 12.2. The third-order valence-electron chi connectivity index (χ3n) is 3.60. The molecule has 1 N–H and O–H groups in total. The summed E-state index contributed by atoms with van der Waals surface area (Å²) in [6.07, 6.45) is 5.09. The zero-order valence-corrected chi connectivity index (χ0v) is 11.2. The zero-order chi connectivity index (χ0) is 13.2. The molecular formula is C13H20N4O. The molecule has 1 fully saturated rings. The summed E-state index contributed by atoms with van der Waals surface area (Å²) < 4.78 is 0. The second-order valence-electron chi connectivity index (χ2n) is 5.31. The SMILES string of the molecule is Cc1nccnc1C(=O)NC1(C)CCN(C)CC1. The summed E-state index contributed by atoms with van der Waals surface area (Å²) in [5.41, 5.74) is 0.970. The van der Waals surface area contributed by atoms with Gasteiger partial charge in [-0.15, -0.1) is 0 Å². The molecule has 18 heavy (non-hydrogen) atoms. The average Bonchev–Trinajstić information content (AvgIpc) is 2.34. The minimum atomic E-state index is -0.131. The van der Waals surface area contributed by atoms with Gasteiger partial charge < -0.3 is 10.2 Å². The van der Waals surface area contributed by atoms with E-state index in [1.54, 1.807) is 19.3 Å². The first kappa shape index (κ1) is 13.0. The number of aryl methyl sites for hydroxylation is 1. The van der Waals surface area contributed by atoms with E-state index in [4.69, 9.17) is 0 Å². The molecule has 0 saturated carbocycles. The van der Waals surface area contributed by atoms with E-state index >= 15 is 0 Å². The van der Waals surface area contributed by atoms with Gasteiger partial charge in [0.15, 0.2) is 0 Å². The molecule has 2 rings (SSSR count). The summed E-state index contributed by atoms with van der Waals surface area (Å²) in [5.74, 6) is -0.118. The van der Waals surface area contributed by atoms with Gasteiger partial charge in [0.05, 0.1) is 5.69 Å². The van der Waals surface area contributed by atoms with E-state index in [1.807, 2.05) is 0 Å². The number of nitrogens with zero attached hydrogens (tertiary/aromatic N) is 3. The molecule has 1 aliphatic rings. The van der Waals surface area contributed by atoms with Gasteiger partial charge in [-0.3, -0.25) is 9.78 Å². The van der Waals surface area contributed by atoms with Crippen molar-refractivity contribution in [1.82, 2.24) is 20.2 Å². The van der Waals surface area contributed by atoms with Crippen LogP contribution in [0.5, 0.6) is 0 Å². The zero-order valence-electron chi connectivity index (χ0n) is 11.2. The van der Waals surface area contributed by atoms with E-state index in [2.05, 4.69) is 34.2 Å². The number of aromatic nitrogens is 2. The number of amides is 1. The van der Waals surface area contributed by atoms with Crippen molar-refractivity contribution in [2.75, 3.05) is 20.1 Å². The molecule has 0 aliphatic carbocycles. The van der Waals surface area contributed by atoms with Gasteiger partial charge in [0.1, 0.15) is 5.69 Å². The van der Waals surface area contributed by atoms with Crippen LogP contribution in [0.25, 0.3) is 0 Å². The maximum atomic E-state index is 12.2. The third-order valence-corrected chi connectivity index (χ3v) is 3.60. The third kappa shape index (κ3) is 2.85. The lowest BCUT2D eigenvalue weighted by atomic mass is 9.89. The van der Waals surface area contributed by atoms with Gasteiger partial charge in [-0.25, -0.2) is 4.98 Å². The summed E-state index contributed by atoms with van der Waals surface area (Å²) >= 11 is 0. The van der Waals surface area contributed by atoms with Crippen LogP contribution in [0.15, 0.2) is 12.4 Å². The lowest BCUT2D eigenvalue weighted by molar-refractivity contribution is 0.0845. The lowest BCUT2D eigenvalue weighted by Gasteiger charge is -2.38. The largest absolute Gasteiger partial charge is 0.345 e. The molecule has 1 amide bonds. The van der Waals surface area contributed by atoms with Gasteiger partial charge >= 0.3 is 0 Å². The van der Waals surface area contributed by atoms with Gasteiger partial charge in [-0.2, -0.15) is 0 Å². The molecule has 5 heteroatoms. The van der Waals surface area contributed by atoms with Crippen LogP contribution in [0.4, 0.5) is 0 Å². The second-order valence-corrected chi connectivity index (χ2v) is 5.31. The van der Waals surface area contributed by atoms with Gasteiger partial charge in [-0.05, 0) is 33.7 Å². The topological polar surface area (TPSA) is 58.1 Å². The van der Waals surface area contributed by atoms with Crippen LogP contribution in [-0.2, 0) is 0 Å². The Balaban J connectivity index is 2.06. The van der Waals surface area contributed by atoms with E-state index in [-0.39, 0.29) is 11.4 Å². The number of carbonyl (C=O) groups excluding carboxylic acids is 1. The van der Waals surface area contributed by atoms with Crippen molar-refractivity contribution < 1.29 is 4.79 Å².